The maximum atomic E-state index is 15.0. The van der Waals surface area contributed by atoms with Gasteiger partial charge in [0.15, 0.2) is 0 Å². The molecule has 0 radical (unpaired) electrons. The Bertz CT molecular complexity index is 1480. The van der Waals surface area contributed by atoms with Gasteiger partial charge in [0.05, 0.1) is 22.9 Å². The number of aliphatic carboxylic acids is 1. The van der Waals surface area contributed by atoms with Gasteiger partial charge < -0.3 is 19.3 Å². The Labute approximate surface area is 217 Å². The van der Waals surface area contributed by atoms with Crippen molar-refractivity contribution in [3.8, 4) is 33.4 Å². The predicted octanol–water partition coefficient (Wildman–Crippen LogP) is 7.07. The lowest BCUT2D eigenvalue weighted by Gasteiger charge is -2.17. The highest BCUT2D eigenvalue weighted by Gasteiger charge is 2.32. The molecule has 8 heteroatoms. The minimum Gasteiger partial charge on any atom is -0.492 e. The highest BCUT2D eigenvalue weighted by Crippen LogP contribution is 2.44. The lowest BCUT2D eigenvalue weighted by Crippen LogP contribution is -2.07. The molecule has 0 saturated heterocycles. The van der Waals surface area contributed by atoms with Crippen LogP contribution in [-0.2, 0) is 11.2 Å². The first kappa shape index (κ1) is 23.5. The molecule has 0 spiro atoms. The van der Waals surface area contributed by atoms with E-state index in [0.29, 0.717) is 48.0 Å². The Balaban J connectivity index is 1.20. The van der Waals surface area contributed by atoms with Crippen molar-refractivity contribution in [2.24, 2.45) is 0 Å². The van der Waals surface area contributed by atoms with Gasteiger partial charge in [-0.25, -0.2) is 9.37 Å². The van der Waals surface area contributed by atoms with Crippen LogP contribution < -0.4 is 14.2 Å². The van der Waals surface area contributed by atoms with Crippen LogP contribution in [0.25, 0.3) is 10.4 Å². The molecular formula is C29H24FNO5S. The van der Waals surface area contributed by atoms with Crippen molar-refractivity contribution in [1.29, 1.82) is 0 Å². The number of carbonyl (C=O) groups is 1. The Morgan fingerprint density at radius 1 is 1.16 bits per heavy atom. The van der Waals surface area contributed by atoms with E-state index < -0.39 is 12.1 Å². The van der Waals surface area contributed by atoms with E-state index in [0.717, 1.165) is 26.6 Å². The Hall–Kier alpha value is -3.91. The summed E-state index contributed by atoms with van der Waals surface area (Å²) in [5.74, 6) is 1.13. The fourth-order valence-corrected chi connectivity index (χ4v) is 5.82. The first-order valence-electron chi connectivity index (χ1n) is 12.1. The monoisotopic (exact) mass is 517 g/mol. The van der Waals surface area contributed by atoms with Crippen molar-refractivity contribution in [2.45, 2.75) is 38.2 Å². The predicted molar refractivity (Wildman–Crippen MR) is 137 cm³/mol. The molecule has 0 fully saturated rings. The van der Waals surface area contributed by atoms with Crippen LogP contribution in [0.3, 0.4) is 0 Å². The molecule has 0 bridgehead atoms. The molecule has 4 aromatic rings. The molecule has 6 rings (SSSR count). The number of fused-ring (bicyclic) bond motifs is 2. The number of rotatable bonds is 7. The topological polar surface area (TPSA) is 77.9 Å². The minimum absolute atomic E-state index is 0.0187. The quantitative estimate of drug-likeness (QED) is 0.283. The normalized spacial score (nSPS) is 17.7. The number of halogens is 1. The number of benzene rings is 3. The SMILES string of the molecule is Cc1ncc(-c2ccc(Oc3ccc(F)c4c3CC[C@H]4Oc3ccc4c(c3)OC[C@H]4CC(=O)O)cc2)s1. The summed E-state index contributed by atoms with van der Waals surface area (Å²) >= 11 is 1.64. The van der Waals surface area contributed by atoms with Gasteiger partial charge in [0.25, 0.3) is 0 Å². The molecule has 2 heterocycles. The molecule has 188 valence electrons. The number of nitrogens with zero attached hydrogens (tertiary/aromatic N) is 1. The summed E-state index contributed by atoms with van der Waals surface area (Å²) in [6.45, 7) is 2.31. The van der Waals surface area contributed by atoms with Crippen LogP contribution in [0.2, 0.25) is 0 Å². The maximum Gasteiger partial charge on any atom is 0.304 e. The van der Waals surface area contributed by atoms with E-state index in [9.17, 15) is 9.18 Å². The number of hydrogen-bond acceptors (Lipinski definition) is 6. The fraction of sp³-hybridized carbons (Fsp3) is 0.241. The van der Waals surface area contributed by atoms with Crippen molar-refractivity contribution < 1.29 is 28.5 Å². The van der Waals surface area contributed by atoms with E-state index in [2.05, 4.69) is 4.98 Å². The Kier molecular flexibility index (Phi) is 6.04. The molecule has 0 amide bonds. The number of thiazole rings is 1. The molecule has 1 aliphatic carbocycles. The molecule has 2 atom stereocenters. The van der Waals surface area contributed by atoms with E-state index in [-0.39, 0.29) is 18.2 Å². The Morgan fingerprint density at radius 2 is 1.97 bits per heavy atom. The summed E-state index contributed by atoms with van der Waals surface area (Å²) in [6, 6.07) is 16.3. The lowest BCUT2D eigenvalue weighted by atomic mass is 9.98. The first-order valence-corrected chi connectivity index (χ1v) is 12.9. The number of carboxylic acid groups (broad SMARTS) is 1. The largest absolute Gasteiger partial charge is 0.492 e. The van der Waals surface area contributed by atoms with Gasteiger partial charge in [-0.3, -0.25) is 4.79 Å². The summed E-state index contributed by atoms with van der Waals surface area (Å²) in [6.07, 6.45) is 2.68. The summed E-state index contributed by atoms with van der Waals surface area (Å²) in [5.41, 5.74) is 3.26. The zero-order chi connectivity index (χ0) is 25.5. The van der Waals surface area contributed by atoms with Gasteiger partial charge in [-0.15, -0.1) is 11.3 Å². The van der Waals surface area contributed by atoms with Crippen LogP contribution in [0.4, 0.5) is 4.39 Å². The zero-order valence-electron chi connectivity index (χ0n) is 20.1. The standard InChI is InChI=1S/C29H24FNO5S/c1-16-31-14-27(37-16)17-2-4-19(5-3-17)35-24-11-9-23(30)29-22(24)8-10-25(29)36-20-6-7-21-18(12-28(32)33)15-34-26(21)13-20/h2-7,9,11,13-14,18,25H,8,10,12,15H2,1H3,(H,32,33)/t18-,25-/m1/s1. The van der Waals surface area contributed by atoms with E-state index in [1.165, 1.54) is 6.07 Å². The molecule has 0 saturated carbocycles. The molecule has 1 aliphatic heterocycles. The summed E-state index contributed by atoms with van der Waals surface area (Å²) in [5, 5.41) is 10.1. The third kappa shape index (κ3) is 4.64. The second-order valence-corrected chi connectivity index (χ2v) is 10.5. The highest BCUT2D eigenvalue weighted by atomic mass is 32.1. The van der Waals surface area contributed by atoms with Gasteiger partial charge in [-0.2, -0.15) is 0 Å². The van der Waals surface area contributed by atoms with E-state index in [1.807, 2.05) is 43.5 Å². The average molecular weight is 518 g/mol. The van der Waals surface area contributed by atoms with Gasteiger partial charge in [-0.05, 0) is 67.8 Å². The third-order valence-electron chi connectivity index (χ3n) is 6.79. The number of ether oxygens (including phenoxy) is 3. The van der Waals surface area contributed by atoms with Gasteiger partial charge in [0, 0.05) is 34.9 Å². The van der Waals surface area contributed by atoms with E-state index in [1.54, 1.807) is 29.5 Å². The van der Waals surface area contributed by atoms with Gasteiger partial charge in [0.2, 0.25) is 0 Å². The highest BCUT2D eigenvalue weighted by molar-refractivity contribution is 7.15. The molecular weight excluding hydrogens is 493 g/mol. The van der Waals surface area contributed by atoms with Crippen molar-refractivity contribution in [2.75, 3.05) is 6.61 Å². The van der Waals surface area contributed by atoms with Crippen LogP contribution in [-0.4, -0.2) is 22.7 Å². The van der Waals surface area contributed by atoms with Crippen molar-refractivity contribution in [3.05, 3.63) is 88.3 Å². The van der Waals surface area contributed by atoms with Crippen LogP contribution in [0.15, 0.2) is 60.8 Å². The summed E-state index contributed by atoms with van der Waals surface area (Å²) in [7, 11) is 0. The molecule has 1 N–H and O–H groups in total. The molecule has 2 aliphatic rings. The number of aromatic nitrogens is 1. The lowest BCUT2D eigenvalue weighted by molar-refractivity contribution is -0.137. The zero-order valence-corrected chi connectivity index (χ0v) is 20.9. The summed E-state index contributed by atoms with van der Waals surface area (Å²) in [4.78, 5) is 16.5. The van der Waals surface area contributed by atoms with E-state index >= 15 is 0 Å². The van der Waals surface area contributed by atoms with E-state index in [4.69, 9.17) is 19.3 Å². The van der Waals surface area contributed by atoms with Crippen LogP contribution >= 0.6 is 11.3 Å². The molecule has 3 aromatic carbocycles. The minimum atomic E-state index is -0.858. The maximum absolute atomic E-state index is 15.0. The average Bonchev–Trinajstić information content (AvgIpc) is 3.61. The number of hydrogen-bond donors (Lipinski definition) is 1. The fourth-order valence-electron chi connectivity index (χ4n) is 5.04. The number of aryl methyl sites for hydroxylation is 1. The van der Waals surface area contributed by atoms with Gasteiger partial charge >= 0.3 is 5.97 Å². The van der Waals surface area contributed by atoms with Crippen LogP contribution in [0.1, 0.15) is 46.6 Å². The number of carboxylic acids is 1. The molecule has 6 nitrogen and oxygen atoms in total. The summed E-state index contributed by atoms with van der Waals surface area (Å²) < 4.78 is 33.0. The van der Waals surface area contributed by atoms with Crippen LogP contribution in [0, 0.1) is 12.7 Å². The van der Waals surface area contributed by atoms with Gasteiger partial charge in [-0.1, -0.05) is 6.07 Å². The molecule has 0 unspecified atom stereocenters. The Morgan fingerprint density at radius 3 is 2.73 bits per heavy atom. The second-order valence-electron chi connectivity index (χ2n) is 9.26. The molecule has 1 aromatic heterocycles. The van der Waals surface area contributed by atoms with Gasteiger partial charge in [0.1, 0.15) is 34.9 Å². The smallest absolute Gasteiger partial charge is 0.304 e. The first-order chi connectivity index (χ1) is 17.9. The second kappa shape index (κ2) is 9.52. The molecule has 37 heavy (non-hydrogen) atoms. The van der Waals surface area contributed by atoms with Crippen molar-refractivity contribution in [3.63, 3.8) is 0 Å². The third-order valence-corrected chi connectivity index (χ3v) is 7.75. The van der Waals surface area contributed by atoms with Crippen molar-refractivity contribution >= 4 is 17.3 Å². The van der Waals surface area contributed by atoms with Crippen LogP contribution in [0.5, 0.6) is 23.0 Å². The van der Waals surface area contributed by atoms with Crippen molar-refractivity contribution in [1.82, 2.24) is 4.98 Å².